The molecule has 1 aromatic rings. The van der Waals surface area contributed by atoms with Gasteiger partial charge in [0.05, 0.1) is 0 Å². The molecule has 0 aliphatic rings. The molecule has 0 heterocycles. The molecule has 0 spiro atoms. The van der Waals surface area contributed by atoms with Crippen molar-refractivity contribution >= 4 is 6.08 Å². The van der Waals surface area contributed by atoms with Gasteiger partial charge in [-0.1, -0.05) is 36.9 Å². The maximum atomic E-state index is 5.18. The van der Waals surface area contributed by atoms with Crippen molar-refractivity contribution in [3.8, 4) is 12.3 Å². The molecule has 0 N–H and O–H groups in total. The molecule has 1 rings (SSSR count). The quantitative estimate of drug-likeness (QED) is 0.484. The van der Waals surface area contributed by atoms with Gasteiger partial charge in [-0.05, 0) is 30.4 Å². The summed E-state index contributed by atoms with van der Waals surface area (Å²) in [6, 6.07) is 8.52. The molecule has 0 aliphatic carbocycles. The topological polar surface area (TPSA) is 0 Å². The van der Waals surface area contributed by atoms with Crippen molar-refractivity contribution in [1.29, 1.82) is 0 Å². The van der Waals surface area contributed by atoms with Crippen LogP contribution in [0.15, 0.2) is 30.8 Å². The van der Waals surface area contributed by atoms with E-state index in [1.807, 2.05) is 6.08 Å². The van der Waals surface area contributed by atoms with Crippen LogP contribution < -0.4 is 0 Å². The Labute approximate surface area is 86.7 Å². The van der Waals surface area contributed by atoms with E-state index in [-0.39, 0.29) is 0 Å². The largest absolute Gasteiger partial charge is 0.120 e. The van der Waals surface area contributed by atoms with E-state index >= 15 is 0 Å². The third-order valence-corrected chi connectivity index (χ3v) is 2.25. The average Bonchev–Trinajstić information content (AvgIpc) is 2.25. The van der Waals surface area contributed by atoms with Crippen LogP contribution in [0.1, 0.15) is 30.4 Å². The van der Waals surface area contributed by atoms with Crippen LogP contribution in [0.25, 0.3) is 6.08 Å². The van der Waals surface area contributed by atoms with Gasteiger partial charge in [-0.25, -0.2) is 0 Å². The van der Waals surface area contributed by atoms with Crippen LogP contribution in [0.5, 0.6) is 0 Å². The van der Waals surface area contributed by atoms with Gasteiger partial charge in [0.15, 0.2) is 0 Å². The minimum Gasteiger partial charge on any atom is -0.120 e. The highest BCUT2D eigenvalue weighted by atomic mass is 14.0. The summed E-state index contributed by atoms with van der Waals surface area (Å²) in [4.78, 5) is 0. The van der Waals surface area contributed by atoms with Gasteiger partial charge >= 0.3 is 0 Å². The Balaban J connectivity index is 2.37. The number of hydrogen-bond donors (Lipinski definition) is 0. The van der Waals surface area contributed by atoms with Crippen molar-refractivity contribution in [2.45, 2.75) is 25.7 Å². The summed E-state index contributed by atoms with van der Waals surface area (Å²) < 4.78 is 0. The van der Waals surface area contributed by atoms with Crippen molar-refractivity contribution < 1.29 is 0 Å². The van der Waals surface area contributed by atoms with E-state index in [4.69, 9.17) is 6.42 Å². The number of hydrogen-bond acceptors (Lipinski definition) is 0. The lowest BCUT2D eigenvalue weighted by molar-refractivity contribution is 0.757. The monoisotopic (exact) mass is 184 g/mol. The van der Waals surface area contributed by atoms with Gasteiger partial charge in [0.2, 0.25) is 0 Å². The molecule has 0 saturated carbocycles. The molecule has 0 amide bonds. The lowest BCUT2D eigenvalue weighted by Gasteiger charge is -2.00. The van der Waals surface area contributed by atoms with Crippen LogP contribution in [0, 0.1) is 12.3 Å². The standard InChI is InChI=1S/C14H16/c1-3-5-6-7-8-14-11-9-13(4-2)10-12-14/h1,4,9-12H,2,5-8H2. The minimum absolute atomic E-state index is 0.894. The number of terminal acetylenes is 1. The first-order valence-corrected chi connectivity index (χ1v) is 5.01. The second-order valence-corrected chi connectivity index (χ2v) is 3.36. The van der Waals surface area contributed by atoms with Crippen molar-refractivity contribution in [1.82, 2.24) is 0 Å². The summed E-state index contributed by atoms with van der Waals surface area (Å²) >= 11 is 0. The third kappa shape index (κ3) is 3.49. The average molecular weight is 184 g/mol. The lowest BCUT2D eigenvalue weighted by Crippen LogP contribution is -1.85. The molecule has 0 radical (unpaired) electrons. The number of rotatable bonds is 5. The predicted octanol–water partition coefficient (Wildman–Crippen LogP) is 3.68. The zero-order valence-electron chi connectivity index (χ0n) is 8.50. The second kappa shape index (κ2) is 6.05. The normalized spacial score (nSPS) is 9.36. The van der Waals surface area contributed by atoms with Gasteiger partial charge in [-0.2, -0.15) is 0 Å². The van der Waals surface area contributed by atoms with Crippen molar-refractivity contribution in [2.75, 3.05) is 0 Å². The van der Waals surface area contributed by atoms with Crippen LogP contribution in [0.4, 0.5) is 0 Å². The molecule has 1 aromatic carbocycles. The third-order valence-electron chi connectivity index (χ3n) is 2.25. The molecule has 0 fully saturated rings. The Kier molecular flexibility index (Phi) is 4.58. The van der Waals surface area contributed by atoms with Crippen LogP contribution >= 0.6 is 0 Å². The first kappa shape index (κ1) is 10.6. The number of benzene rings is 1. The summed E-state index contributed by atoms with van der Waals surface area (Å²) in [7, 11) is 0. The molecule has 0 heteroatoms. The molecule has 72 valence electrons. The van der Waals surface area contributed by atoms with E-state index in [9.17, 15) is 0 Å². The van der Waals surface area contributed by atoms with Gasteiger partial charge in [-0.15, -0.1) is 12.3 Å². The lowest BCUT2D eigenvalue weighted by atomic mass is 10.1. The molecule has 0 aromatic heterocycles. The second-order valence-electron chi connectivity index (χ2n) is 3.36. The van der Waals surface area contributed by atoms with Gasteiger partial charge in [0.1, 0.15) is 0 Å². The van der Waals surface area contributed by atoms with E-state index in [0.29, 0.717) is 0 Å². The summed E-state index contributed by atoms with van der Waals surface area (Å²) in [6.07, 6.45) is 11.4. The van der Waals surface area contributed by atoms with Crippen LogP contribution in [-0.4, -0.2) is 0 Å². The fourth-order valence-corrected chi connectivity index (χ4v) is 1.38. The molecule has 0 bridgehead atoms. The summed E-state index contributed by atoms with van der Waals surface area (Å²) in [5, 5.41) is 0. The fraction of sp³-hybridized carbons (Fsp3) is 0.286. The number of aryl methyl sites for hydroxylation is 1. The Morgan fingerprint density at radius 1 is 1.21 bits per heavy atom. The van der Waals surface area contributed by atoms with Crippen LogP contribution in [-0.2, 0) is 6.42 Å². The molecule has 0 nitrogen and oxygen atoms in total. The zero-order valence-corrected chi connectivity index (χ0v) is 8.50. The van der Waals surface area contributed by atoms with Crippen LogP contribution in [0.3, 0.4) is 0 Å². The van der Waals surface area contributed by atoms with Crippen LogP contribution in [0.2, 0.25) is 0 Å². The highest BCUT2D eigenvalue weighted by Crippen LogP contribution is 2.09. The van der Waals surface area contributed by atoms with Crippen molar-refractivity contribution in [2.24, 2.45) is 0 Å². The van der Waals surface area contributed by atoms with E-state index in [0.717, 1.165) is 19.3 Å². The Morgan fingerprint density at radius 3 is 2.50 bits per heavy atom. The zero-order chi connectivity index (χ0) is 10.2. The molecule has 0 unspecified atom stereocenters. The first-order valence-electron chi connectivity index (χ1n) is 5.01. The highest BCUT2D eigenvalue weighted by molar-refractivity contribution is 5.47. The summed E-state index contributed by atoms with van der Waals surface area (Å²) in [5.74, 6) is 2.66. The maximum Gasteiger partial charge on any atom is 0.00861 e. The van der Waals surface area contributed by atoms with Gasteiger partial charge in [-0.3, -0.25) is 0 Å². The van der Waals surface area contributed by atoms with Crippen molar-refractivity contribution in [3.05, 3.63) is 42.0 Å². The van der Waals surface area contributed by atoms with Gasteiger partial charge in [0, 0.05) is 6.42 Å². The molecular formula is C14H16. The van der Waals surface area contributed by atoms with Crippen molar-refractivity contribution in [3.63, 3.8) is 0 Å². The molecule has 0 aliphatic heterocycles. The van der Waals surface area contributed by atoms with E-state index < -0.39 is 0 Å². The van der Waals surface area contributed by atoms with Gasteiger partial charge < -0.3 is 0 Å². The predicted molar refractivity (Wildman–Crippen MR) is 62.9 cm³/mol. The molecule has 0 atom stereocenters. The molecule has 14 heavy (non-hydrogen) atoms. The highest BCUT2D eigenvalue weighted by Gasteiger charge is 1.92. The first-order chi connectivity index (χ1) is 6.86. The summed E-state index contributed by atoms with van der Waals surface area (Å²) in [5.41, 5.74) is 2.56. The van der Waals surface area contributed by atoms with E-state index in [1.165, 1.54) is 17.5 Å². The summed E-state index contributed by atoms with van der Waals surface area (Å²) in [6.45, 7) is 3.72. The molecular weight excluding hydrogens is 168 g/mol. The fourth-order valence-electron chi connectivity index (χ4n) is 1.38. The molecule has 0 saturated heterocycles. The minimum atomic E-state index is 0.894. The number of unbranched alkanes of at least 4 members (excludes halogenated alkanes) is 2. The van der Waals surface area contributed by atoms with E-state index in [2.05, 4.69) is 36.8 Å². The Hall–Kier alpha value is -1.48. The van der Waals surface area contributed by atoms with E-state index in [1.54, 1.807) is 0 Å². The Bertz CT molecular complexity index is 311. The Morgan fingerprint density at radius 2 is 1.93 bits per heavy atom. The maximum absolute atomic E-state index is 5.18. The van der Waals surface area contributed by atoms with Gasteiger partial charge in [0.25, 0.3) is 0 Å². The smallest absolute Gasteiger partial charge is 0.00861 e. The SMILES string of the molecule is C#CCCCCc1ccc(C=C)cc1.